The molecule has 1 aromatic heterocycles. The fraction of sp³-hybridized carbons (Fsp3) is 0.444. The lowest BCUT2D eigenvalue weighted by Crippen LogP contribution is -2.22. The lowest BCUT2D eigenvalue weighted by atomic mass is 10.0. The largest absolute Gasteiger partial charge is 0.367 e. The number of aryl methyl sites for hydroxylation is 1. The van der Waals surface area contributed by atoms with Gasteiger partial charge in [0.1, 0.15) is 5.82 Å². The molecule has 0 amide bonds. The van der Waals surface area contributed by atoms with E-state index in [2.05, 4.69) is 29.5 Å². The van der Waals surface area contributed by atoms with Gasteiger partial charge in [0, 0.05) is 6.04 Å². The predicted molar refractivity (Wildman–Crippen MR) is 44.5 cm³/mol. The van der Waals surface area contributed by atoms with Gasteiger partial charge in [-0.05, 0) is 31.4 Å². The van der Waals surface area contributed by atoms with Gasteiger partial charge in [-0.2, -0.15) is 0 Å². The van der Waals surface area contributed by atoms with Crippen molar-refractivity contribution in [3.05, 3.63) is 23.9 Å². The van der Waals surface area contributed by atoms with Gasteiger partial charge in [0.2, 0.25) is 0 Å². The van der Waals surface area contributed by atoms with Gasteiger partial charge in [-0.3, -0.25) is 0 Å². The van der Waals surface area contributed by atoms with Gasteiger partial charge < -0.3 is 5.32 Å². The number of hydrogen-bond acceptors (Lipinski definition) is 2. The van der Waals surface area contributed by atoms with Crippen LogP contribution in [0.4, 0.5) is 5.82 Å². The maximum Gasteiger partial charge on any atom is 0.130 e. The highest BCUT2D eigenvalue weighted by atomic mass is 15.0. The molecule has 1 aromatic rings. The first kappa shape index (κ1) is 6.65. The first-order chi connectivity index (χ1) is 5.36. The van der Waals surface area contributed by atoms with Crippen molar-refractivity contribution in [2.75, 3.05) is 5.32 Å². The summed E-state index contributed by atoms with van der Waals surface area (Å²) >= 11 is 0. The van der Waals surface area contributed by atoms with E-state index in [1.54, 1.807) is 0 Å². The van der Waals surface area contributed by atoms with E-state index in [0.717, 1.165) is 12.2 Å². The van der Waals surface area contributed by atoms with Gasteiger partial charge in [0.25, 0.3) is 0 Å². The minimum absolute atomic E-state index is 0.561. The highest BCUT2D eigenvalue weighted by Crippen LogP contribution is 2.20. The molecular weight excluding hydrogens is 136 g/mol. The molecule has 2 heterocycles. The van der Waals surface area contributed by atoms with Crippen molar-refractivity contribution in [2.24, 2.45) is 0 Å². The molecular formula is C9H11N2. The van der Waals surface area contributed by atoms with Crippen molar-refractivity contribution < 1.29 is 0 Å². The van der Waals surface area contributed by atoms with E-state index in [0.29, 0.717) is 6.04 Å². The Kier molecular flexibility index (Phi) is 1.53. The normalized spacial score (nSPS) is 22.1. The third kappa shape index (κ3) is 1.20. The summed E-state index contributed by atoms with van der Waals surface area (Å²) in [5, 5.41) is 3.32. The minimum Gasteiger partial charge on any atom is -0.367 e. The Morgan fingerprint density at radius 1 is 1.73 bits per heavy atom. The maximum atomic E-state index is 4.13. The number of nitrogens with one attached hydrogen (secondary N) is 1. The van der Waals surface area contributed by atoms with Crippen LogP contribution in [0.5, 0.6) is 0 Å². The van der Waals surface area contributed by atoms with E-state index in [4.69, 9.17) is 0 Å². The van der Waals surface area contributed by atoms with Crippen LogP contribution in [0.15, 0.2) is 12.1 Å². The molecule has 0 fully saturated rings. The molecule has 0 aliphatic carbocycles. The van der Waals surface area contributed by atoms with Gasteiger partial charge in [-0.25, -0.2) is 4.98 Å². The smallest absolute Gasteiger partial charge is 0.130 e. The molecule has 2 heteroatoms. The first-order valence-electron chi connectivity index (χ1n) is 3.99. The number of nitrogens with zero attached hydrogens (tertiary/aromatic N) is 1. The molecule has 0 spiro atoms. The van der Waals surface area contributed by atoms with Gasteiger partial charge >= 0.3 is 0 Å². The molecule has 0 saturated carbocycles. The van der Waals surface area contributed by atoms with Crippen LogP contribution in [0.2, 0.25) is 0 Å². The summed E-state index contributed by atoms with van der Waals surface area (Å²) in [7, 11) is 0. The SMILES string of the molecule is CC1CCc2cc[c]nc2N1. The number of fused-ring (bicyclic) bond motifs is 1. The highest BCUT2D eigenvalue weighted by Gasteiger charge is 2.13. The molecule has 0 saturated heterocycles. The van der Waals surface area contributed by atoms with Crippen molar-refractivity contribution in [1.82, 2.24) is 4.98 Å². The monoisotopic (exact) mass is 147 g/mol. The first-order valence-corrected chi connectivity index (χ1v) is 3.99. The number of hydrogen-bond donors (Lipinski definition) is 1. The van der Waals surface area contributed by atoms with E-state index >= 15 is 0 Å². The summed E-state index contributed by atoms with van der Waals surface area (Å²) in [6.45, 7) is 2.18. The predicted octanol–water partition coefficient (Wildman–Crippen LogP) is 1.63. The van der Waals surface area contributed by atoms with Crippen LogP contribution in [0.25, 0.3) is 0 Å². The Balaban J connectivity index is 2.34. The third-order valence-corrected chi connectivity index (χ3v) is 2.07. The van der Waals surface area contributed by atoms with Crippen LogP contribution in [0, 0.1) is 6.20 Å². The van der Waals surface area contributed by atoms with Crippen LogP contribution in [0.1, 0.15) is 18.9 Å². The second-order valence-electron chi connectivity index (χ2n) is 3.03. The van der Waals surface area contributed by atoms with Crippen LogP contribution in [0.3, 0.4) is 0 Å². The summed E-state index contributed by atoms with van der Waals surface area (Å²) < 4.78 is 0. The Morgan fingerprint density at radius 3 is 3.55 bits per heavy atom. The summed E-state index contributed by atoms with van der Waals surface area (Å²) in [4.78, 5) is 4.13. The zero-order valence-electron chi connectivity index (χ0n) is 6.59. The van der Waals surface area contributed by atoms with Crippen molar-refractivity contribution in [2.45, 2.75) is 25.8 Å². The van der Waals surface area contributed by atoms with Crippen LogP contribution >= 0.6 is 0 Å². The summed E-state index contributed by atoms with van der Waals surface area (Å²) in [5.41, 5.74) is 1.32. The summed E-state index contributed by atoms with van der Waals surface area (Å²) in [5.74, 6) is 1.02. The molecule has 2 nitrogen and oxygen atoms in total. The second kappa shape index (κ2) is 2.53. The Morgan fingerprint density at radius 2 is 2.64 bits per heavy atom. The van der Waals surface area contributed by atoms with E-state index in [1.165, 1.54) is 12.0 Å². The van der Waals surface area contributed by atoms with Crippen molar-refractivity contribution in [3.63, 3.8) is 0 Å². The average molecular weight is 147 g/mol. The average Bonchev–Trinajstić information content (AvgIpc) is 2.04. The molecule has 1 N–H and O–H groups in total. The number of anilines is 1. The lowest BCUT2D eigenvalue weighted by Gasteiger charge is -2.22. The number of rotatable bonds is 0. The van der Waals surface area contributed by atoms with Crippen molar-refractivity contribution in [1.29, 1.82) is 0 Å². The Bertz CT molecular complexity index is 257. The molecule has 1 radical (unpaired) electrons. The van der Waals surface area contributed by atoms with Crippen LogP contribution in [-0.2, 0) is 6.42 Å². The zero-order valence-corrected chi connectivity index (χ0v) is 6.59. The molecule has 1 aliphatic heterocycles. The highest BCUT2D eigenvalue weighted by molar-refractivity contribution is 5.46. The quantitative estimate of drug-likeness (QED) is 0.603. The van der Waals surface area contributed by atoms with E-state index < -0.39 is 0 Å². The third-order valence-electron chi connectivity index (χ3n) is 2.07. The van der Waals surface area contributed by atoms with Gasteiger partial charge in [-0.15, -0.1) is 0 Å². The maximum absolute atomic E-state index is 4.13. The van der Waals surface area contributed by atoms with Gasteiger partial charge in [0.05, 0.1) is 6.20 Å². The fourth-order valence-electron chi connectivity index (χ4n) is 1.39. The molecule has 2 rings (SSSR count). The molecule has 1 aliphatic rings. The standard InChI is InChI=1S/C9H11N2/c1-7-4-5-8-3-2-6-10-9(8)11-7/h2-3,7H,4-5H2,1H3,(H,10,11). The molecule has 1 unspecified atom stereocenters. The summed E-state index contributed by atoms with van der Waals surface area (Å²) in [6.07, 6.45) is 5.18. The summed E-state index contributed by atoms with van der Waals surface area (Å²) in [6, 6.07) is 4.52. The van der Waals surface area contributed by atoms with E-state index in [1.807, 2.05) is 6.07 Å². The van der Waals surface area contributed by atoms with Crippen LogP contribution < -0.4 is 5.32 Å². The zero-order chi connectivity index (χ0) is 7.68. The fourth-order valence-corrected chi connectivity index (χ4v) is 1.39. The van der Waals surface area contributed by atoms with Gasteiger partial charge in [-0.1, -0.05) is 6.07 Å². The minimum atomic E-state index is 0.561. The number of pyridine rings is 1. The molecule has 0 bridgehead atoms. The molecule has 1 atom stereocenters. The van der Waals surface area contributed by atoms with E-state index in [-0.39, 0.29) is 0 Å². The number of aromatic nitrogens is 1. The molecule has 0 aromatic carbocycles. The van der Waals surface area contributed by atoms with Gasteiger partial charge in [0.15, 0.2) is 0 Å². The second-order valence-corrected chi connectivity index (χ2v) is 3.03. The molecule has 11 heavy (non-hydrogen) atoms. The Hall–Kier alpha value is -1.05. The van der Waals surface area contributed by atoms with Crippen LogP contribution in [-0.4, -0.2) is 11.0 Å². The van der Waals surface area contributed by atoms with E-state index in [9.17, 15) is 0 Å². The van der Waals surface area contributed by atoms with Crippen molar-refractivity contribution in [3.8, 4) is 0 Å². The Labute approximate surface area is 66.7 Å². The molecule has 57 valence electrons. The lowest BCUT2D eigenvalue weighted by molar-refractivity contribution is 0.673. The topological polar surface area (TPSA) is 24.9 Å². The van der Waals surface area contributed by atoms with Crippen molar-refractivity contribution >= 4 is 5.82 Å².